The van der Waals surface area contributed by atoms with Crippen LogP contribution in [-0.2, 0) is 9.53 Å². The molecule has 0 aromatic carbocycles. The summed E-state index contributed by atoms with van der Waals surface area (Å²) in [7, 11) is 0. The zero-order valence-corrected chi connectivity index (χ0v) is 14.8. The summed E-state index contributed by atoms with van der Waals surface area (Å²) in [5, 5.41) is 10.3. The highest BCUT2D eigenvalue weighted by Crippen LogP contribution is 2.69. The number of aliphatic hydroxyl groups excluding tert-OH is 1. The Labute approximate surface area is 144 Å². The molecule has 3 heterocycles. The van der Waals surface area contributed by atoms with Gasteiger partial charge in [-0.1, -0.05) is 13.0 Å². The zero-order chi connectivity index (χ0) is 16.6. The Morgan fingerprint density at radius 1 is 1.33 bits per heavy atom. The van der Waals surface area contributed by atoms with Gasteiger partial charge in [-0.2, -0.15) is 0 Å². The number of nitrogens with zero attached hydrogens (tertiary/aromatic N) is 1. The summed E-state index contributed by atoms with van der Waals surface area (Å²) in [6.45, 7) is 6.44. The standard InChI is InChI=1S/C20H29NO3/c1-11-9-14-18-17(16(12(2)22)19(23)24-18)13-5-3-7-21-8-4-6-20(13,14)15(21)10-11/h10-14,16-18,22H,3-9H2,1-2H3/t11-,12-,13-,14+,16+,17+,18+,20-/m1/s1. The first-order valence-corrected chi connectivity index (χ1v) is 9.90. The number of allylic oxidation sites excluding steroid dienone is 2. The molecule has 1 spiro atoms. The number of esters is 1. The molecule has 0 radical (unpaired) electrons. The molecule has 132 valence electrons. The molecular weight excluding hydrogens is 302 g/mol. The van der Waals surface area contributed by atoms with Gasteiger partial charge >= 0.3 is 5.97 Å². The van der Waals surface area contributed by atoms with Crippen LogP contribution in [0.15, 0.2) is 11.8 Å². The number of rotatable bonds is 1. The Hall–Kier alpha value is -1.03. The monoisotopic (exact) mass is 331 g/mol. The van der Waals surface area contributed by atoms with Gasteiger partial charge in [0.1, 0.15) is 6.10 Å². The van der Waals surface area contributed by atoms with Crippen molar-refractivity contribution >= 4 is 5.97 Å². The summed E-state index contributed by atoms with van der Waals surface area (Å²) in [6, 6.07) is 0. The molecule has 4 nitrogen and oxygen atoms in total. The van der Waals surface area contributed by atoms with Crippen LogP contribution in [0.5, 0.6) is 0 Å². The van der Waals surface area contributed by atoms with Crippen LogP contribution < -0.4 is 0 Å². The van der Waals surface area contributed by atoms with Crippen molar-refractivity contribution in [1.82, 2.24) is 4.90 Å². The molecule has 0 aromatic heterocycles. The van der Waals surface area contributed by atoms with E-state index in [9.17, 15) is 9.90 Å². The molecular formula is C20H29NO3. The largest absolute Gasteiger partial charge is 0.461 e. The van der Waals surface area contributed by atoms with Gasteiger partial charge in [0, 0.05) is 36.0 Å². The van der Waals surface area contributed by atoms with Crippen molar-refractivity contribution in [1.29, 1.82) is 0 Å². The van der Waals surface area contributed by atoms with Gasteiger partial charge in [0.2, 0.25) is 0 Å². The van der Waals surface area contributed by atoms with Crippen LogP contribution >= 0.6 is 0 Å². The molecule has 3 aliphatic heterocycles. The topological polar surface area (TPSA) is 49.8 Å². The Balaban J connectivity index is 1.67. The average Bonchev–Trinajstić information content (AvgIpc) is 2.95. The third kappa shape index (κ3) is 1.71. The summed E-state index contributed by atoms with van der Waals surface area (Å²) >= 11 is 0. The van der Waals surface area contributed by atoms with Gasteiger partial charge in [-0.25, -0.2) is 0 Å². The van der Waals surface area contributed by atoms with E-state index < -0.39 is 6.10 Å². The quantitative estimate of drug-likeness (QED) is 0.750. The minimum Gasteiger partial charge on any atom is -0.461 e. The van der Waals surface area contributed by atoms with Crippen molar-refractivity contribution in [2.75, 3.05) is 13.1 Å². The van der Waals surface area contributed by atoms with E-state index in [0.29, 0.717) is 17.8 Å². The highest BCUT2D eigenvalue weighted by atomic mass is 16.6. The van der Waals surface area contributed by atoms with E-state index in [1.54, 1.807) is 12.6 Å². The molecule has 2 aliphatic carbocycles. The minimum atomic E-state index is -0.600. The van der Waals surface area contributed by atoms with Gasteiger partial charge in [-0.15, -0.1) is 0 Å². The van der Waals surface area contributed by atoms with Gasteiger partial charge in [0.15, 0.2) is 0 Å². The van der Waals surface area contributed by atoms with Crippen molar-refractivity contribution in [2.45, 2.75) is 58.2 Å². The first-order chi connectivity index (χ1) is 11.5. The second kappa shape index (κ2) is 5.00. The van der Waals surface area contributed by atoms with Crippen LogP contribution in [0.1, 0.15) is 46.0 Å². The third-order valence-electron chi connectivity index (χ3n) is 7.87. The van der Waals surface area contributed by atoms with E-state index in [0.717, 1.165) is 13.0 Å². The molecule has 4 heteroatoms. The lowest BCUT2D eigenvalue weighted by Gasteiger charge is -2.52. The molecule has 5 rings (SSSR count). The Bertz CT molecular complexity index is 598. The van der Waals surface area contributed by atoms with Crippen LogP contribution in [-0.4, -0.2) is 41.3 Å². The van der Waals surface area contributed by atoms with E-state index >= 15 is 0 Å². The number of carbonyl (C=O) groups is 1. The molecule has 2 bridgehead atoms. The summed E-state index contributed by atoms with van der Waals surface area (Å²) in [5.74, 6) is 1.27. The smallest absolute Gasteiger partial charge is 0.312 e. The van der Waals surface area contributed by atoms with Crippen molar-refractivity contribution in [3.63, 3.8) is 0 Å². The first-order valence-electron chi connectivity index (χ1n) is 9.90. The van der Waals surface area contributed by atoms with E-state index in [4.69, 9.17) is 4.74 Å². The molecule has 0 amide bonds. The molecule has 24 heavy (non-hydrogen) atoms. The normalized spacial score (nSPS) is 50.5. The van der Waals surface area contributed by atoms with Crippen molar-refractivity contribution in [3.8, 4) is 0 Å². The Morgan fingerprint density at radius 2 is 2.12 bits per heavy atom. The van der Waals surface area contributed by atoms with Gasteiger partial charge in [-0.3, -0.25) is 4.79 Å². The number of piperidine rings is 1. The molecule has 4 fully saturated rings. The number of carbonyl (C=O) groups excluding carboxylic acids is 1. The maximum absolute atomic E-state index is 12.5. The van der Waals surface area contributed by atoms with Gasteiger partial charge in [0.05, 0.1) is 12.0 Å². The summed E-state index contributed by atoms with van der Waals surface area (Å²) < 4.78 is 5.97. The van der Waals surface area contributed by atoms with Crippen LogP contribution in [0.3, 0.4) is 0 Å². The lowest BCUT2D eigenvalue weighted by atomic mass is 9.58. The van der Waals surface area contributed by atoms with E-state index in [2.05, 4.69) is 17.9 Å². The maximum Gasteiger partial charge on any atom is 0.312 e. The van der Waals surface area contributed by atoms with Gasteiger partial charge in [-0.05, 0) is 50.9 Å². The third-order valence-corrected chi connectivity index (χ3v) is 7.87. The number of ether oxygens (including phenoxy) is 1. The number of hydrogen-bond acceptors (Lipinski definition) is 4. The molecule has 8 atom stereocenters. The predicted octanol–water partition coefficient (Wildman–Crippen LogP) is 2.57. The lowest BCUT2D eigenvalue weighted by Crippen LogP contribution is -2.49. The van der Waals surface area contributed by atoms with E-state index in [1.165, 1.54) is 32.2 Å². The summed E-state index contributed by atoms with van der Waals surface area (Å²) in [6.07, 6.45) is 7.99. The SMILES string of the molecule is C[C@H]1C=C2N3CCC[C@@H]4[C@@H]5[C@@H](OC(=O)[C@H]5[C@@H](C)O)[C@H](C1)[C@]24CCC3. The molecule has 5 aliphatic rings. The molecule has 3 saturated heterocycles. The van der Waals surface area contributed by atoms with Crippen LogP contribution in [0.4, 0.5) is 0 Å². The van der Waals surface area contributed by atoms with Crippen LogP contribution in [0, 0.1) is 35.0 Å². The van der Waals surface area contributed by atoms with E-state index in [-0.39, 0.29) is 29.3 Å². The maximum atomic E-state index is 12.5. The number of hydrogen-bond donors (Lipinski definition) is 1. The highest BCUT2D eigenvalue weighted by molar-refractivity contribution is 5.76. The van der Waals surface area contributed by atoms with Crippen LogP contribution in [0.2, 0.25) is 0 Å². The van der Waals surface area contributed by atoms with Gasteiger partial charge < -0.3 is 14.7 Å². The zero-order valence-electron chi connectivity index (χ0n) is 14.8. The summed E-state index contributed by atoms with van der Waals surface area (Å²) in [4.78, 5) is 15.1. The second-order valence-electron chi connectivity index (χ2n) is 9.00. The minimum absolute atomic E-state index is 0.0336. The van der Waals surface area contributed by atoms with Crippen molar-refractivity contribution < 1.29 is 14.6 Å². The molecule has 1 saturated carbocycles. The average molecular weight is 331 g/mol. The molecule has 1 N–H and O–H groups in total. The Kier molecular flexibility index (Phi) is 3.17. The second-order valence-corrected chi connectivity index (χ2v) is 9.00. The van der Waals surface area contributed by atoms with E-state index in [1.807, 2.05) is 0 Å². The summed E-state index contributed by atoms with van der Waals surface area (Å²) in [5.41, 5.74) is 1.79. The fourth-order valence-corrected chi connectivity index (χ4v) is 7.30. The Morgan fingerprint density at radius 3 is 2.92 bits per heavy atom. The highest BCUT2D eigenvalue weighted by Gasteiger charge is 2.70. The van der Waals surface area contributed by atoms with Crippen molar-refractivity contribution in [2.24, 2.45) is 35.0 Å². The number of aliphatic hydroxyl groups is 1. The van der Waals surface area contributed by atoms with Crippen molar-refractivity contribution in [3.05, 3.63) is 11.8 Å². The molecule has 0 unspecified atom stereocenters. The lowest BCUT2D eigenvalue weighted by molar-refractivity contribution is -0.150. The van der Waals surface area contributed by atoms with Gasteiger partial charge in [0.25, 0.3) is 0 Å². The predicted molar refractivity (Wildman–Crippen MR) is 89.9 cm³/mol. The fourth-order valence-electron chi connectivity index (χ4n) is 7.30. The van der Waals surface area contributed by atoms with Crippen LogP contribution in [0.25, 0.3) is 0 Å². The molecule has 0 aromatic rings. The number of fused-ring (bicyclic) bond motifs is 3. The fraction of sp³-hybridized carbons (Fsp3) is 0.850. The first kappa shape index (κ1) is 15.2.